The van der Waals surface area contributed by atoms with E-state index in [2.05, 4.69) is 39.9 Å². The van der Waals surface area contributed by atoms with Crippen LogP contribution in [0.2, 0.25) is 0 Å². The number of amides is 1. The maximum atomic E-state index is 12.1. The van der Waals surface area contributed by atoms with Crippen LogP contribution >= 0.6 is 0 Å². The Bertz CT molecular complexity index is 585. The molecule has 4 fully saturated rings. The van der Waals surface area contributed by atoms with E-state index >= 15 is 0 Å². The fourth-order valence-electron chi connectivity index (χ4n) is 8.57. The maximum Gasteiger partial charge on any atom is 0.220 e. The molecule has 4 rings (SSSR count). The highest BCUT2D eigenvalue weighted by molar-refractivity contribution is 5.77. The molecule has 3 aliphatic carbocycles. The fourth-order valence-corrected chi connectivity index (χ4v) is 8.57. The number of hydrogen-bond acceptors (Lipinski definition) is 1. The summed E-state index contributed by atoms with van der Waals surface area (Å²) in [6, 6.07) is 0.433. The highest BCUT2D eigenvalue weighted by Gasteiger charge is 2.61. The third-order valence-electron chi connectivity index (χ3n) is 10.2. The highest BCUT2D eigenvalue weighted by Crippen LogP contribution is 2.67. The number of fused-ring (bicyclic) bond motifs is 5. The molecule has 1 N–H and O–H groups in total. The summed E-state index contributed by atoms with van der Waals surface area (Å²) in [6.45, 7) is 12.4. The van der Waals surface area contributed by atoms with Gasteiger partial charge in [-0.25, -0.2) is 0 Å². The van der Waals surface area contributed by atoms with Gasteiger partial charge in [0.05, 0.1) is 0 Å². The lowest BCUT2D eigenvalue weighted by Gasteiger charge is -2.62. The molecule has 0 aromatic rings. The van der Waals surface area contributed by atoms with E-state index in [9.17, 15) is 4.79 Å². The lowest BCUT2D eigenvalue weighted by atomic mass is 9.45. The Hall–Kier alpha value is -0.530. The second-order valence-electron chi connectivity index (χ2n) is 12.1. The van der Waals surface area contributed by atoms with E-state index in [4.69, 9.17) is 0 Å². The SMILES string of the molecule is CC(C)CCCCC1CC[C@H]2[C@@H]3C(C)CC4NC(=O)CC[C@]4(C)[C@@H]3CC[C@]12C. The summed E-state index contributed by atoms with van der Waals surface area (Å²) in [4.78, 5) is 12.1. The zero-order valence-corrected chi connectivity index (χ0v) is 19.2. The van der Waals surface area contributed by atoms with E-state index < -0.39 is 0 Å². The average Bonchev–Trinajstić information content (AvgIpc) is 2.96. The second-order valence-corrected chi connectivity index (χ2v) is 12.1. The summed E-state index contributed by atoms with van der Waals surface area (Å²) in [5.74, 6) is 5.56. The Morgan fingerprint density at radius 2 is 1.79 bits per heavy atom. The van der Waals surface area contributed by atoms with Crippen molar-refractivity contribution in [3.05, 3.63) is 0 Å². The number of carbonyl (C=O) groups is 1. The first kappa shape index (κ1) is 20.7. The van der Waals surface area contributed by atoms with E-state index in [0.29, 0.717) is 22.8 Å². The number of hydrogen-bond donors (Lipinski definition) is 1. The van der Waals surface area contributed by atoms with Crippen LogP contribution in [0.1, 0.15) is 105 Å². The van der Waals surface area contributed by atoms with Gasteiger partial charge in [0.1, 0.15) is 0 Å². The van der Waals surface area contributed by atoms with Gasteiger partial charge in [0, 0.05) is 12.5 Å². The topological polar surface area (TPSA) is 29.1 Å². The molecule has 1 heterocycles. The molecule has 2 nitrogen and oxygen atoms in total. The van der Waals surface area contributed by atoms with Crippen molar-refractivity contribution in [3.63, 3.8) is 0 Å². The van der Waals surface area contributed by atoms with E-state index in [1.807, 2.05) is 0 Å². The minimum Gasteiger partial charge on any atom is -0.353 e. The minimum absolute atomic E-state index is 0.302. The molecule has 4 aliphatic rings. The monoisotopic (exact) mass is 387 g/mol. The summed E-state index contributed by atoms with van der Waals surface area (Å²) in [6.07, 6.45) is 14.7. The van der Waals surface area contributed by atoms with Crippen molar-refractivity contribution in [3.8, 4) is 0 Å². The van der Waals surface area contributed by atoms with Gasteiger partial charge in [-0.15, -0.1) is 0 Å². The van der Waals surface area contributed by atoms with Crippen molar-refractivity contribution in [2.45, 2.75) is 111 Å². The van der Waals surface area contributed by atoms with E-state index in [1.165, 1.54) is 57.8 Å². The molecule has 3 unspecified atom stereocenters. The summed E-state index contributed by atoms with van der Waals surface area (Å²) in [5.41, 5.74) is 0.941. The normalized spacial score (nSPS) is 48.0. The van der Waals surface area contributed by atoms with Crippen LogP contribution in [-0.4, -0.2) is 11.9 Å². The Morgan fingerprint density at radius 1 is 1.04 bits per heavy atom. The van der Waals surface area contributed by atoms with Crippen molar-refractivity contribution in [1.29, 1.82) is 0 Å². The van der Waals surface area contributed by atoms with Gasteiger partial charge in [0.15, 0.2) is 0 Å². The molecular weight excluding hydrogens is 342 g/mol. The lowest BCUT2D eigenvalue weighted by molar-refractivity contribution is -0.143. The zero-order valence-electron chi connectivity index (χ0n) is 19.2. The van der Waals surface area contributed by atoms with Crippen molar-refractivity contribution in [1.82, 2.24) is 5.32 Å². The number of piperidine rings is 1. The van der Waals surface area contributed by atoms with Crippen LogP contribution in [0.3, 0.4) is 0 Å². The summed E-state index contributed by atoms with van der Waals surface area (Å²) < 4.78 is 0. The maximum absolute atomic E-state index is 12.1. The number of rotatable bonds is 5. The number of nitrogens with one attached hydrogen (secondary N) is 1. The molecular formula is C26H45NO. The van der Waals surface area contributed by atoms with Gasteiger partial charge in [-0.05, 0) is 91.3 Å². The van der Waals surface area contributed by atoms with Crippen molar-refractivity contribution >= 4 is 5.91 Å². The molecule has 0 radical (unpaired) electrons. The van der Waals surface area contributed by atoms with Crippen LogP contribution in [0.5, 0.6) is 0 Å². The number of carbonyl (C=O) groups excluding carboxylic acids is 1. The Labute approximate surface area is 174 Å². The largest absolute Gasteiger partial charge is 0.353 e. The molecule has 1 aliphatic heterocycles. The molecule has 0 aromatic heterocycles. The quantitative estimate of drug-likeness (QED) is 0.530. The first-order chi connectivity index (χ1) is 13.3. The van der Waals surface area contributed by atoms with Crippen molar-refractivity contribution in [2.24, 2.45) is 46.3 Å². The molecule has 160 valence electrons. The van der Waals surface area contributed by atoms with Crippen molar-refractivity contribution in [2.75, 3.05) is 0 Å². The summed E-state index contributed by atoms with van der Waals surface area (Å²) >= 11 is 0. The van der Waals surface area contributed by atoms with Crippen LogP contribution in [0.4, 0.5) is 0 Å². The van der Waals surface area contributed by atoms with E-state index in [1.54, 1.807) is 0 Å². The molecule has 3 saturated carbocycles. The molecule has 0 bridgehead atoms. The second kappa shape index (κ2) is 7.62. The van der Waals surface area contributed by atoms with E-state index in [0.717, 1.165) is 48.3 Å². The zero-order chi connectivity index (χ0) is 20.1. The molecule has 0 spiro atoms. The first-order valence-electron chi connectivity index (χ1n) is 12.5. The van der Waals surface area contributed by atoms with Crippen LogP contribution in [0.25, 0.3) is 0 Å². The Morgan fingerprint density at radius 3 is 2.54 bits per heavy atom. The number of unbranched alkanes of at least 4 members (excludes halogenated alkanes) is 1. The van der Waals surface area contributed by atoms with E-state index in [-0.39, 0.29) is 0 Å². The lowest BCUT2D eigenvalue weighted by Crippen LogP contribution is -2.63. The predicted molar refractivity (Wildman–Crippen MR) is 117 cm³/mol. The van der Waals surface area contributed by atoms with Gasteiger partial charge >= 0.3 is 0 Å². The van der Waals surface area contributed by atoms with Gasteiger partial charge in [0.25, 0.3) is 0 Å². The van der Waals surface area contributed by atoms with Crippen LogP contribution in [0.15, 0.2) is 0 Å². The van der Waals surface area contributed by atoms with Crippen LogP contribution < -0.4 is 5.32 Å². The molecule has 2 heteroatoms. The third-order valence-corrected chi connectivity index (χ3v) is 10.2. The third kappa shape index (κ3) is 3.35. The van der Waals surface area contributed by atoms with Gasteiger partial charge in [-0.2, -0.15) is 0 Å². The van der Waals surface area contributed by atoms with Crippen LogP contribution in [-0.2, 0) is 4.79 Å². The minimum atomic E-state index is 0.302. The van der Waals surface area contributed by atoms with Crippen molar-refractivity contribution < 1.29 is 4.79 Å². The Balaban J connectivity index is 1.48. The fraction of sp³-hybridized carbons (Fsp3) is 0.962. The predicted octanol–water partition coefficient (Wildman–Crippen LogP) is 6.59. The molecule has 0 aromatic carbocycles. The Kier molecular flexibility index (Phi) is 5.64. The molecule has 8 atom stereocenters. The highest BCUT2D eigenvalue weighted by atomic mass is 16.1. The van der Waals surface area contributed by atoms with Gasteiger partial charge in [-0.1, -0.05) is 53.9 Å². The average molecular weight is 388 g/mol. The van der Waals surface area contributed by atoms with Gasteiger partial charge in [0.2, 0.25) is 5.91 Å². The molecule has 1 amide bonds. The van der Waals surface area contributed by atoms with Gasteiger partial charge < -0.3 is 5.32 Å². The van der Waals surface area contributed by atoms with Gasteiger partial charge in [-0.3, -0.25) is 4.79 Å². The first-order valence-corrected chi connectivity index (χ1v) is 12.5. The smallest absolute Gasteiger partial charge is 0.220 e. The summed E-state index contributed by atoms with van der Waals surface area (Å²) in [7, 11) is 0. The molecule has 1 saturated heterocycles. The summed E-state index contributed by atoms with van der Waals surface area (Å²) in [5, 5.41) is 3.40. The molecule has 28 heavy (non-hydrogen) atoms. The van der Waals surface area contributed by atoms with Crippen LogP contribution in [0, 0.1) is 46.3 Å². The standard InChI is InChI=1S/C26H45NO/c1-17(2)8-6-7-9-19-10-11-20-24-18(3)16-22-26(5,15-13-23(28)27-22)21(24)12-14-25(19,20)4/h17-22,24H,6-16H2,1-5H3,(H,27,28)/t18?,19?,20-,21+,22?,24-,25+,26+/m0/s1.